The van der Waals surface area contributed by atoms with E-state index in [1.807, 2.05) is 0 Å². The zero-order chi connectivity index (χ0) is 19.2. The van der Waals surface area contributed by atoms with Crippen LogP contribution in [0.1, 0.15) is 16.7 Å². The summed E-state index contributed by atoms with van der Waals surface area (Å²) in [5.41, 5.74) is 2.53. The fourth-order valence-corrected chi connectivity index (χ4v) is 2.96. The van der Waals surface area contributed by atoms with E-state index < -0.39 is 17.8 Å². The minimum Gasteiger partial charge on any atom is -0.334 e. The van der Waals surface area contributed by atoms with Gasteiger partial charge in [-0.2, -0.15) is 0 Å². The number of carbonyl (C=O) groups excluding carboxylic acids is 2. The third-order valence-electron chi connectivity index (χ3n) is 4.26. The highest BCUT2D eigenvalue weighted by atomic mass is 35.5. The largest absolute Gasteiger partial charge is 0.334 e. The van der Waals surface area contributed by atoms with Crippen molar-refractivity contribution in [3.05, 3.63) is 63.9 Å². The van der Waals surface area contributed by atoms with E-state index in [0.29, 0.717) is 36.6 Å². The molecule has 0 aromatic heterocycles. The van der Waals surface area contributed by atoms with E-state index in [-0.39, 0.29) is 24.6 Å². The molecule has 1 heterocycles. The smallest absolute Gasteiger partial charge is 0.315 e. The van der Waals surface area contributed by atoms with Crippen LogP contribution in [0.5, 0.6) is 0 Å². The van der Waals surface area contributed by atoms with Gasteiger partial charge in [-0.3, -0.25) is 4.79 Å². The summed E-state index contributed by atoms with van der Waals surface area (Å²) in [4.78, 5) is 23.8. The third kappa shape index (κ3) is 5.82. The van der Waals surface area contributed by atoms with Gasteiger partial charge < -0.3 is 21.3 Å². The Hall–Kier alpha value is -2.35. The van der Waals surface area contributed by atoms with Gasteiger partial charge in [0, 0.05) is 18.1 Å². The Morgan fingerprint density at radius 1 is 1.11 bits per heavy atom. The first-order valence-electron chi connectivity index (χ1n) is 8.60. The van der Waals surface area contributed by atoms with Crippen molar-refractivity contribution in [2.24, 2.45) is 0 Å². The summed E-state index contributed by atoms with van der Waals surface area (Å²) in [6, 6.07) is 9.90. The predicted octanol–water partition coefficient (Wildman–Crippen LogP) is 2.98. The molecule has 2 aromatic rings. The van der Waals surface area contributed by atoms with Crippen LogP contribution in [0.25, 0.3) is 0 Å². The lowest BCUT2D eigenvalue weighted by Crippen LogP contribution is -2.39. The molecule has 0 aliphatic carbocycles. The lowest BCUT2D eigenvalue weighted by Gasteiger charge is -2.19. The quantitative estimate of drug-likeness (QED) is 0.592. The van der Waals surface area contributed by atoms with E-state index in [1.165, 1.54) is 0 Å². The topological polar surface area (TPSA) is 82.3 Å². The standard InChI is InChI=1S/C19H20ClFN4O2.ClH/c20-14-4-1-12(2-5-14)9-23-19(27)24-11-17(26)25-16-6-3-13-10-22-8-7-15(13)18(16)21;/h1-6,22H,7-11H2,(H,25,26)(H2,23,24,27);1H. The Morgan fingerprint density at radius 2 is 1.86 bits per heavy atom. The molecule has 3 rings (SSSR count). The molecule has 0 atom stereocenters. The van der Waals surface area contributed by atoms with Crippen LogP contribution in [0.3, 0.4) is 0 Å². The lowest BCUT2D eigenvalue weighted by molar-refractivity contribution is -0.115. The number of hydrogen-bond donors (Lipinski definition) is 4. The number of nitrogens with one attached hydrogen (secondary N) is 4. The van der Waals surface area contributed by atoms with E-state index in [2.05, 4.69) is 21.3 Å². The van der Waals surface area contributed by atoms with Gasteiger partial charge in [-0.1, -0.05) is 29.8 Å². The second kappa shape index (κ2) is 10.3. The monoisotopic (exact) mass is 426 g/mol. The number of benzene rings is 2. The molecule has 6 nitrogen and oxygen atoms in total. The van der Waals surface area contributed by atoms with Crippen LogP contribution < -0.4 is 21.3 Å². The molecule has 0 radical (unpaired) electrons. The molecule has 9 heteroatoms. The molecule has 1 aliphatic heterocycles. The third-order valence-corrected chi connectivity index (χ3v) is 4.51. The Bertz CT molecular complexity index is 847. The average Bonchev–Trinajstić information content (AvgIpc) is 2.68. The molecule has 0 saturated carbocycles. The minimum absolute atomic E-state index is 0. The summed E-state index contributed by atoms with van der Waals surface area (Å²) in [5.74, 6) is -0.904. The first-order chi connectivity index (χ1) is 13.0. The Kier molecular flexibility index (Phi) is 8.04. The zero-order valence-electron chi connectivity index (χ0n) is 15.0. The Labute approximate surface area is 173 Å². The van der Waals surface area contributed by atoms with Crippen LogP contribution in [-0.4, -0.2) is 25.0 Å². The van der Waals surface area contributed by atoms with Crippen LogP contribution >= 0.6 is 24.0 Å². The number of halogens is 3. The highest BCUT2D eigenvalue weighted by molar-refractivity contribution is 6.30. The number of urea groups is 1. The van der Waals surface area contributed by atoms with Crippen LogP contribution in [0, 0.1) is 5.82 Å². The number of carbonyl (C=O) groups is 2. The maximum atomic E-state index is 14.5. The summed E-state index contributed by atoms with van der Waals surface area (Å²) >= 11 is 5.80. The molecule has 0 spiro atoms. The van der Waals surface area contributed by atoms with Crippen molar-refractivity contribution in [2.45, 2.75) is 19.5 Å². The number of hydrogen-bond acceptors (Lipinski definition) is 3. The highest BCUT2D eigenvalue weighted by Crippen LogP contribution is 2.24. The molecule has 0 fully saturated rings. The summed E-state index contributed by atoms with van der Waals surface area (Å²) in [6.45, 7) is 1.37. The van der Waals surface area contributed by atoms with Crippen LogP contribution in [0.2, 0.25) is 5.02 Å². The minimum atomic E-state index is -0.496. The van der Waals surface area contributed by atoms with Crippen molar-refractivity contribution in [1.29, 1.82) is 0 Å². The lowest BCUT2D eigenvalue weighted by atomic mass is 9.99. The van der Waals surface area contributed by atoms with Crippen molar-refractivity contribution in [3.8, 4) is 0 Å². The van der Waals surface area contributed by atoms with Gasteiger partial charge in [0.1, 0.15) is 5.82 Å². The van der Waals surface area contributed by atoms with Crippen molar-refractivity contribution < 1.29 is 14.0 Å². The van der Waals surface area contributed by atoms with Crippen molar-refractivity contribution in [1.82, 2.24) is 16.0 Å². The Balaban J connectivity index is 0.00000280. The first-order valence-corrected chi connectivity index (χ1v) is 8.97. The van der Waals surface area contributed by atoms with E-state index in [1.54, 1.807) is 36.4 Å². The summed E-state index contributed by atoms with van der Waals surface area (Å²) in [5, 5.41) is 11.4. The molecule has 0 saturated heterocycles. The summed E-state index contributed by atoms with van der Waals surface area (Å²) in [7, 11) is 0. The number of anilines is 1. The molecule has 0 bridgehead atoms. The normalized spacial score (nSPS) is 12.4. The van der Waals surface area contributed by atoms with Gasteiger partial charge in [-0.05, 0) is 47.9 Å². The van der Waals surface area contributed by atoms with Gasteiger partial charge in [0.25, 0.3) is 0 Å². The molecule has 4 N–H and O–H groups in total. The molecule has 3 amide bonds. The van der Waals surface area contributed by atoms with Gasteiger partial charge >= 0.3 is 6.03 Å². The molecule has 28 heavy (non-hydrogen) atoms. The van der Waals surface area contributed by atoms with Crippen molar-refractivity contribution >= 4 is 41.6 Å². The van der Waals surface area contributed by atoms with Gasteiger partial charge in [0.05, 0.1) is 12.2 Å². The predicted molar refractivity (Wildman–Crippen MR) is 109 cm³/mol. The van der Waals surface area contributed by atoms with Crippen LogP contribution in [-0.2, 0) is 24.3 Å². The second-order valence-corrected chi connectivity index (χ2v) is 6.64. The molecule has 150 valence electrons. The van der Waals surface area contributed by atoms with Crippen LogP contribution in [0.15, 0.2) is 36.4 Å². The van der Waals surface area contributed by atoms with E-state index >= 15 is 0 Å². The number of fused-ring (bicyclic) bond motifs is 1. The molecule has 2 aromatic carbocycles. The van der Waals surface area contributed by atoms with Gasteiger partial charge in [0.15, 0.2) is 0 Å². The molecular formula is C19H21Cl2FN4O2. The number of amides is 3. The highest BCUT2D eigenvalue weighted by Gasteiger charge is 2.17. The first kappa shape index (κ1) is 21.9. The van der Waals surface area contributed by atoms with E-state index in [4.69, 9.17) is 11.6 Å². The van der Waals surface area contributed by atoms with Crippen LogP contribution in [0.4, 0.5) is 14.9 Å². The zero-order valence-corrected chi connectivity index (χ0v) is 16.6. The van der Waals surface area contributed by atoms with Crippen molar-refractivity contribution in [3.63, 3.8) is 0 Å². The molecular weight excluding hydrogens is 406 g/mol. The second-order valence-electron chi connectivity index (χ2n) is 6.20. The fraction of sp³-hybridized carbons (Fsp3) is 0.263. The maximum Gasteiger partial charge on any atom is 0.315 e. The summed E-state index contributed by atoms with van der Waals surface area (Å²) in [6.07, 6.45) is 0.580. The van der Waals surface area contributed by atoms with Gasteiger partial charge in [-0.25, -0.2) is 9.18 Å². The SMILES string of the molecule is Cl.O=C(CNC(=O)NCc1ccc(Cl)cc1)Nc1ccc2c(c1F)CCNC2. The molecule has 1 aliphatic rings. The summed E-state index contributed by atoms with van der Waals surface area (Å²) < 4.78 is 14.5. The Morgan fingerprint density at radius 3 is 2.61 bits per heavy atom. The fourth-order valence-electron chi connectivity index (χ4n) is 2.83. The maximum absolute atomic E-state index is 14.5. The van der Waals surface area contributed by atoms with Gasteiger partial charge in [0.2, 0.25) is 5.91 Å². The average molecular weight is 427 g/mol. The van der Waals surface area contributed by atoms with Crippen molar-refractivity contribution in [2.75, 3.05) is 18.4 Å². The number of rotatable bonds is 5. The van der Waals surface area contributed by atoms with Gasteiger partial charge in [-0.15, -0.1) is 12.4 Å². The molecule has 0 unspecified atom stereocenters. The van der Waals surface area contributed by atoms with E-state index in [0.717, 1.165) is 11.1 Å². The van der Waals surface area contributed by atoms with E-state index in [9.17, 15) is 14.0 Å².